The standard InChI is InChI=1S/C7HBrClF3N2O/c8-6-5(15-7(10,11)12)3(1-13)4(9)2-14-6/h2H. The maximum absolute atomic E-state index is 11.9. The molecule has 1 rings (SSSR count). The summed E-state index contributed by atoms with van der Waals surface area (Å²) < 4.78 is 39.2. The molecule has 0 aromatic carbocycles. The summed E-state index contributed by atoms with van der Waals surface area (Å²) in [5.74, 6) is -0.738. The second kappa shape index (κ2) is 4.24. The Morgan fingerprint density at radius 3 is 2.60 bits per heavy atom. The summed E-state index contributed by atoms with van der Waals surface area (Å²) in [6.07, 6.45) is -3.85. The first-order chi connectivity index (χ1) is 6.85. The average molecular weight is 301 g/mol. The molecule has 0 fully saturated rings. The van der Waals surface area contributed by atoms with Crippen molar-refractivity contribution in [2.45, 2.75) is 6.36 Å². The SMILES string of the molecule is N#Cc1c(Cl)cnc(Br)c1OC(F)(F)F. The lowest BCUT2D eigenvalue weighted by atomic mass is 10.3. The molecule has 0 spiro atoms. The van der Waals surface area contributed by atoms with Crippen LogP contribution in [0.25, 0.3) is 0 Å². The second-order valence-corrected chi connectivity index (χ2v) is 3.42. The van der Waals surface area contributed by atoms with Crippen molar-refractivity contribution < 1.29 is 17.9 Å². The normalized spacial score (nSPS) is 10.9. The molecular weight excluding hydrogens is 300 g/mol. The van der Waals surface area contributed by atoms with Crippen molar-refractivity contribution in [1.82, 2.24) is 4.98 Å². The van der Waals surface area contributed by atoms with Crippen molar-refractivity contribution in [3.05, 3.63) is 21.4 Å². The Bertz CT molecular complexity index is 429. The maximum Gasteiger partial charge on any atom is 0.573 e. The van der Waals surface area contributed by atoms with Gasteiger partial charge in [-0.3, -0.25) is 0 Å². The zero-order chi connectivity index (χ0) is 11.6. The topological polar surface area (TPSA) is 45.9 Å². The molecule has 0 aliphatic heterocycles. The van der Waals surface area contributed by atoms with Crippen LogP contribution in [0.4, 0.5) is 13.2 Å². The molecule has 1 aromatic rings. The van der Waals surface area contributed by atoms with Crippen LogP contribution in [0.5, 0.6) is 5.75 Å². The number of hydrogen-bond donors (Lipinski definition) is 0. The molecule has 8 heteroatoms. The Hall–Kier alpha value is -1.00. The van der Waals surface area contributed by atoms with Crippen LogP contribution in [0.2, 0.25) is 5.02 Å². The number of nitrogens with zero attached hydrogens (tertiary/aromatic N) is 2. The minimum absolute atomic E-state index is 0.208. The van der Waals surface area contributed by atoms with E-state index >= 15 is 0 Å². The quantitative estimate of drug-likeness (QED) is 0.748. The molecule has 0 aliphatic carbocycles. The summed E-state index contributed by atoms with van der Waals surface area (Å²) >= 11 is 8.21. The fraction of sp³-hybridized carbons (Fsp3) is 0.143. The first-order valence-electron chi connectivity index (χ1n) is 3.35. The molecular formula is C7HBrClF3N2O. The molecule has 0 unspecified atom stereocenters. The Morgan fingerprint density at radius 1 is 1.53 bits per heavy atom. The molecule has 0 radical (unpaired) electrons. The monoisotopic (exact) mass is 300 g/mol. The molecule has 0 saturated heterocycles. The molecule has 1 aromatic heterocycles. The van der Waals surface area contributed by atoms with Gasteiger partial charge in [0.1, 0.15) is 16.2 Å². The van der Waals surface area contributed by atoms with Gasteiger partial charge in [0, 0.05) is 6.20 Å². The minimum atomic E-state index is -4.90. The van der Waals surface area contributed by atoms with Crippen LogP contribution in [0.15, 0.2) is 10.8 Å². The van der Waals surface area contributed by atoms with E-state index in [9.17, 15) is 13.2 Å². The smallest absolute Gasteiger partial charge is 0.401 e. The van der Waals surface area contributed by atoms with Crippen molar-refractivity contribution in [3.8, 4) is 11.8 Å². The number of rotatable bonds is 1. The van der Waals surface area contributed by atoms with Crippen LogP contribution < -0.4 is 4.74 Å². The maximum atomic E-state index is 11.9. The van der Waals surface area contributed by atoms with Gasteiger partial charge in [-0.1, -0.05) is 11.6 Å². The van der Waals surface area contributed by atoms with Crippen molar-refractivity contribution in [3.63, 3.8) is 0 Å². The summed E-state index contributed by atoms with van der Waals surface area (Å²) in [4.78, 5) is 3.48. The third-order valence-electron chi connectivity index (χ3n) is 1.27. The highest BCUT2D eigenvalue weighted by atomic mass is 79.9. The number of nitriles is 1. The first kappa shape index (κ1) is 12.1. The number of ether oxygens (including phenoxy) is 1. The van der Waals surface area contributed by atoms with E-state index in [2.05, 4.69) is 25.7 Å². The molecule has 3 nitrogen and oxygen atoms in total. The lowest BCUT2D eigenvalue weighted by molar-refractivity contribution is -0.275. The predicted octanol–water partition coefficient (Wildman–Crippen LogP) is 3.27. The van der Waals surface area contributed by atoms with Gasteiger partial charge in [0.25, 0.3) is 0 Å². The van der Waals surface area contributed by atoms with Gasteiger partial charge in [-0.05, 0) is 15.9 Å². The van der Waals surface area contributed by atoms with E-state index in [-0.39, 0.29) is 9.63 Å². The van der Waals surface area contributed by atoms with E-state index in [1.54, 1.807) is 0 Å². The van der Waals surface area contributed by atoms with E-state index in [4.69, 9.17) is 16.9 Å². The first-order valence-corrected chi connectivity index (χ1v) is 4.52. The predicted molar refractivity (Wildman–Crippen MR) is 48.3 cm³/mol. The largest absolute Gasteiger partial charge is 0.573 e. The second-order valence-electron chi connectivity index (χ2n) is 2.26. The van der Waals surface area contributed by atoms with Crippen LogP contribution in [0, 0.1) is 11.3 Å². The highest BCUT2D eigenvalue weighted by molar-refractivity contribution is 9.10. The van der Waals surface area contributed by atoms with Gasteiger partial charge in [0.05, 0.1) is 5.02 Å². The van der Waals surface area contributed by atoms with Crippen LogP contribution in [-0.2, 0) is 0 Å². The Balaban J connectivity index is 3.28. The third kappa shape index (κ3) is 2.97. The number of alkyl halides is 3. The molecule has 15 heavy (non-hydrogen) atoms. The lowest BCUT2D eigenvalue weighted by Gasteiger charge is -2.11. The summed E-state index contributed by atoms with van der Waals surface area (Å²) in [5, 5.41) is 8.38. The van der Waals surface area contributed by atoms with Gasteiger partial charge in [-0.15, -0.1) is 13.2 Å². The van der Waals surface area contributed by atoms with Crippen molar-refractivity contribution in [1.29, 1.82) is 5.26 Å². The van der Waals surface area contributed by atoms with Gasteiger partial charge >= 0.3 is 6.36 Å². The summed E-state index contributed by atoms with van der Waals surface area (Å²) in [6.45, 7) is 0. The van der Waals surface area contributed by atoms with Crippen LogP contribution in [-0.4, -0.2) is 11.3 Å². The van der Waals surface area contributed by atoms with Gasteiger partial charge < -0.3 is 4.74 Å². The molecule has 1 heterocycles. The molecule has 0 atom stereocenters. The van der Waals surface area contributed by atoms with Gasteiger partial charge in [-0.25, -0.2) is 4.98 Å². The van der Waals surface area contributed by atoms with Crippen LogP contribution >= 0.6 is 27.5 Å². The molecule has 0 bridgehead atoms. The molecule has 0 amide bonds. The van der Waals surface area contributed by atoms with Gasteiger partial charge in [0.15, 0.2) is 5.75 Å². The fourth-order valence-electron chi connectivity index (χ4n) is 0.761. The molecule has 0 aliphatic rings. The number of halogens is 5. The third-order valence-corrected chi connectivity index (χ3v) is 2.13. The van der Waals surface area contributed by atoms with Crippen molar-refractivity contribution in [2.75, 3.05) is 0 Å². The summed E-state index contributed by atoms with van der Waals surface area (Å²) in [5.41, 5.74) is -0.420. The molecule has 0 saturated carbocycles. The van der Waals surface area contributed by atoms with Crippen molar-refractivity contribution >= 4 is 27.5 Å². The lowest BCUT2D eigenvalue weighted by Crippen LogP contribution is -2.18. The molecule has 80 valence electrons. The molecule has 0 N–H and O–H groups in total. The average Bonchev–Trinajstić information content (AvgIpc) is 2.10. The highest BCUT2D eigenvalue weighted by Gasteiger charge is 2.34. The Morgan fingerprint density at radius 2 is 2.13 bits per heavy atom. The fourth-order valence-corrected chi connectivity index (χ4v) is 1.32. The summed E-state index contributed by atoms with van der Waals surface area (Å²) in [6, 6.07) is 1.50. The van der Waals surface area contributed by atoms with Crippen LogP contribution in [0.3, 0.4) is 0 Å². The van der Waals surface area contributed by atoms with Crippen LogP contribution in [0.1, 0.15) is 5.56 Å². The van der Waals surface area contributed by atoms with Gasteiger partial charge in [-0.2, -0.15) is 5.26 Å². The van der Waals surface area contributed by atoms with E-state index in [1.807, 2.05) is 0 Å². The number of hydrogen-bond acceptors (Lipinski definition) is 3. The van der Waals surface area contributed by atoms with Crippen molar-refractivity contribution in [2.24, 2.45) is 0 Å². The number of pyridine rings is 1. The van der Waals surface area contributed by atoms with E-state index in [0.717, 1.165) is 6.20 Å². The Labute approximate surface area is 95.6 Å². The summed E-state index contributed by atoms with van der Waals surface area (Å²) in [7, 11) is 0. The van der Waals surface area contributed by atoms with E-state index in [0.29, 0.717) is 0 Å². The zero-order valence-corrected chi connectivity index (χ0v) is 9.11. The number of aromatic nitrogens is 1. The highest BCUT2D eigenvalue weighted by Crippen LogP contribution is 2.35. The van der Waals surface area contributed by atoms with E-state index < -0.39 is 17.7 Å². The Kier molecular flexibility index (Phi) is 3.42. The van der Waals surface area contributed by atoms with E-state index in [1.165, 1.54) is 6.07 Å². The minimum Gasteiger partial charge on any atom is -0.401 e. The van der Waals surface area contributed by atoms with Gasteiger partial charge in [0.2, 0.25) is 0 Å². The zero-order valence-electron chi connectivity index (χ0n) is 6.77.